The summed E-state index contributed by atoms with van der Waals surface area (Å²) in [6.07, 6.45) is 2.15. The van der Waals surface area contributed by atoms with Crippen LogP contribution in [0.3, 0.4) is 0 Å². The molecule has 0 spiro atoms. The van der Waals surface area contributed by atoms with E-state index >= 15 is 0 Å². The van der Waals surface area contributed by atoms with Crippen LogP contribution in [0.2, 0.25) is 10.0 Å². The molecule has 26 heavy (non-hydrogen) atoms. The molecule has 0 atom stereocenters. The maximum absolute atomic E-state index is 6.24. The van der Waals surface area contributed by atoms with Gasteiger partial charge >= 0.3 is 0 Å². The van der Waals surface area contributed by atoms with Gasteiger partial charge in [0.1, 0.15) is 12.4 Å². The third-order valence-electron chi connectivity index (χ3n) is 4.92. The second-order valence-electron chi connectivity index (χ2n) is 6.85. The second-order valence-corrected chi connectivity index (χ2v) is 7.66. The van der Waals surface area contributed by atoms with Crippen molar-refractivity contribution in [1.82, 2.24) is 9.80 Å². The fraction of sp³-hybridized carbons (Fsp3) is 0.429. The third-order valence-corrected chi connectivity index (χ3v) is 5.63. The van der Waals surface area contributed by atoms with Crippen LogP contribution in [0.15, 0.2) is 42.5 Å². The molecule has 140 valence electrons. The number of para-hydroxylation sites is 1. The van der Waals surface area contributed by atoms with E-state index in [2.05, 4.69) is 29.0 Å². The van der Waals surface area contributed by atoms with Crippen molar-refractivity contribution >= 4 is 23.2 Å². The molecule has 2 aromatic rings. The Morgan fingerprint density at radius 3 is 2.35 bits per heavy atom. The lowest BCUT2D eigenvalue weighted by Crippen LogP contribution is -2.44. The maximum Gasteiger partial charge on any atom is 0.123 e. The number of likely N-dealkylation sites (N-methyl/N-ethyl adjacent to an activating group) is 1. The zero-order valence-electron chi connectivity index (χ0n) is 15.3. The summed E-state index contributed by atoms with van der Waals surface area (Å²) in [7, 11) is 2.19. The standard InChI is InChI=1S/C21H26Cl2N2O/c1-24-12-14-25(15-13-24)11-5-7-17-6-2-3-10-21(17)26-16-18-19(22)8-4-9-20(18)23/h2-4,6,8-10H,5,7,11-16H2,1H3. The van der Waals surface area contributed by atoms with Gasteiger partial charge in [-0.2, -0.15) is 0 Å². The SMILES string of the molecule is CN1CCN(CCCc2ccccc2OCc2c(Cl)cccc2Cl)CC1. The summed E-state index contributed by atoms with van der Waals surface area (Å²) in [6.45, 7) is 6.18. The highest BCUT2D eigenvalue weighted by Crippen LogP contribution is 2.27. The predicted octanol–water partition coefficient (Wildman–Crippen LogP) is 4.75. The normalized spacial score (nSPS) is 16.0. The Morgan fingerprint density at radius 2 is 1.62 bits per heavy atom. The molecule has 1 heterocycles. The fourth-order valence-electron chi connectivity index (χ4n) is 3.24. The first-order chi connectivity index (χ1) is 12.6. The second kappa shape index (κ2) is 9.61. The van der Waals surface area contributed by atoms with Crippen LogP contribution in [-0.2, 0) is 13.0 Å². The van der Waals surface area contributed by atoms with Crippen molar-refractivity contribution in [3.8, 4) is 5.75 Å². The molecule has 0 unspecified atom stereocenters. The van der Waals surface area contributed by atoms with Crippen molar-refractivity contribution in [2.24, 2.45) is 0 Å². The van der Waals surface area contributed by atoms with E-state index in [1.165, 1.54) is 18.7 Å². The molecule has 0 amide bonds. The van der Waals surface area contributed by atoms with Crippen molar-refractivity contribution in [1.29, 1.82) is 0 Å². The Balaban J connectivity index is 1.54. The molecular formula is C21H26Cl2N2O. The zero-order chi connectivity index (χ0) is 18.4. The average Bonchev–Trinajstić information content (AvgIpc) is 2.64. The van der Waals surface area contributed by atoms with E-state index in [0.717, 1.165) is 43.8 Å². The van der Waals surface area contributed by atoms with Gasteiger partial charge < -0.3 is 14.5 Å². The summed E-state index contributed by atoms with van der Waals surface area (Å²) < 4.78 is 6.05. The Morgan fingerprint density at radius 1 is 0.923 bits per heavy atom. The topological polar surface area (TPSA) is 15.7 Å². The Bertz CT molecular complexity index is 695. The van der Waals surface area contributed by atoms with Crippen molar-refractivity contribution in [3.05, 3.63) is 63.6 Å². The quantitative estimate of drug-likeness (QED) is 0.675. The summed E-state index contributed by atoms with van der Waals surface area (Å²) in [6, 6.07) is 13.8. The van der Waals surface area contributed by atoms with Gasteiger partial charge in [0.25, 0.3) is 0 Å². The van der Waals surface area contributed by atoms with E-state index in [9.17, 15) is 0 Å². The molecule has 1 aliphatic heterocycles. The summed E-state index contributed by atoms with van der Waals surface area (Å²) in [4.78, 5) is 4.94. The van der Waals surface area contributed by atoms with E-state index in [-0.39, 0.29) is 0 Å². The van der Waals surface area contributed by atoms with Crippen LogP contribution < -0.4 is 4.74 Å². The number of benzene rings is 2. The molecular weight excluding hydrogens is 367 g/mol. The molecule has 1 aliphatic rings. The van der Waals surface area contributed by atoms with Gasteiger partial charge in [-0.25, -0.2) is 0 Å². The van der Waals surface area contributed by atoms with Crippen LogP contribution in [0, 0.1) is 0 Å². The molecule has 0 N–H and O–H groups in total. The van der Waals surface area contributed by atoms with E-state index in [1.807, 2.05) is 30.3 Å². The van der Waals surface area contributed by atoms with Gasteiger partial charge in [0.2, 0.25) is 0 Å². The molecule has 0 aliphatic carbocycles. The van der Waals surface area contributed by atoms with Gasteiger partial charge in [-0.3, -0.25) is 0 Å². The minimum Gasteiger partial charge on any atom is -0.489 e. The lowest BCUT2D eigenvalue weighted by molar-refractivity contribution is 0.153. The lowest BCUT2D eigenvalue weighted by Gasteiger charge is -2.32. The minimum atomic E-state index is 0.383. The third kappa shape index (κ3) is 5.37. The van der Waals surface area contributed by atoms with Crippen LogP contribution in [0.5, 0.6) is 5.75 Å². The van der Waals surface area contributed by atoms with Gasteiger partial charge in [-0.15, -0.1) is 0 Å². The van der Waals surface area contributed by atoms with E-state index in [1.54, 1.807) is 0 Å². The molecule has 0 radical (unpaired) electrons. The van der Waals surface area contributed by atoms with E-state index in [0.29, 0.717) is 16.7 Å². The Hall–Kier alpha value is -1.26. The number of aryl methyl sites for hydroxylation is 1. The van der Waals surface area contributed by atoms with Crippen LogP contribution in [0.4, 0.5) is 0 Å². The lowest BCUT2D eigenvalue weighted by atomic mass is 10.1. The summed E-state index contributed by atoms with van der Waals surface area (Å²) >= 11 is 12.5. The number of hydrogen-bond acceptors (Lipinski definition) is 3. The molecule has 3 nitrogen and oxygen atoms in total. The summed E-state index contributed by atoms with van der Waals surface area (Å²) in [5.41, 5.74) is 2.08. The molecule has 3 rings (SSSR count). The van der Waals surface area contributed by atoms with Crippen LogP contribution in [0.25, 0.3) is 0 Å². The number of nitrogens with zero attached hydrogens (tertiary/aromatic N) is 2. The van der Waals surface area contributed by atoms with Crippen LogP contribution in [0.1, 0.15) is 17.5 Å². The number of ether oxygens (including phenoxy) is 1. The first kappa shape index (κ1) is 19.5. The van der Waals surface area contributed by atoms with Gasteiger partial charge in [-0.05, 0) is 50.2 Å². The zero-order valence-corrected chi connectivity index (χ0v) is 16.8. The first-order valence-electron chi connectivity index (χ1n) is 9.18. The highest BCUT2D eigenvalue weighted by atomic mass is 35.5. The number of hydrogen-bond donors (Lipinski definition) is 0. The summed E-state index contributed by atoms with van der Waals surface area (Å²) in [5, 5.41) is 1.29. The Labute approximate surface area is 166 Å². The predicted molar refractivity (Wildman–Crippen MR) is 109 cm³/mol. The molecule has 0 aromatic heterocycles. The largest absolute Gasteiger partial charge is 0.489 e. The summed E-state index contributed by atoms with van der Waals surface area (Å²) in [5.74, 6) is 0.918. The van der Waals surface area contributed by atoms with Crippen molar-refractivity contribution in [2.75, 3.05) is 39.8 Å². The number of piperazine rings is 1. The van der Waals surface area contributed by atoms with Gasteiger partial charge in [0, 0.05) is 41.8 Å². The highest BCUT2D eigenvalue weighted by Gasteiger charge is 2.13. The molecule has 1 saturated heterocycles. The van der Waals surface area contributed by atoms with Crippen molar-refractivity contribution < 1.29 is 4.74 Å². The molecule has 5 heteroatoms. The van der Waals surface area contributed by atoms with Crippen LogP contribution in [-0.4, -0.2) is 49.6 Å². The van der Waals surface area contributed by atoms with Crippen molar-refractivity contribution in [3.63, 3.8) is 0 Å². The van der Waals surface area contributed by atoms with Gasteiger partial charge in [0.15, 0.2) is 0 Å². The fourth-order valence-corrected chi connectivity index (χ4v) is 3.74. The highest BCUT2D eigenvalue weighted by molar-refractivity contribution is 6.35. The smallest absolute Gasteiger partial charge is 0.123 e. The molecule has 0 bridgehead atoms. The first-order valence-corrected chi connectivity index (χ1v) is 9.93. The van der Waals surface area contributed by atoms with E-state index < -0.39 is 0 Å². The van der Waals surface area contributed by atoms with Crippen LogP contribution >= 0.6 is 23.2 Å². The molecule has 1 fully saturated rings. The molecule has 2 aromatic carbocycles. The molecule has 0 saturated carbocycles. The maximum atomic E-state index is 6.24. The van der Waals surface area contributed by atoms with Gasteiger partial charge in [0.05, 0.1) is 0 Å². The number of halogens is 2. The monoisotopic (exact) mass is 392 g/mol. The van der Waals surface area contributed by atoms with Crippen molar-refractivity contribution in [2.45, 2.75) is 19.4 Å². The van der Waals surface area contributed by atoms with E-state index in [4.69, 9.17) is 27.9 Å². The Kier molecular flexibility index (Phi) is 7.21. The average molecular weight is 393 g/mol. The van der Waals surface area contributed by atoms with Gasteiger partial charge in [-0.1, -0.05) is 47.5 Å². The number of rotatable bonds is 7. The minimum absolute atomic E-state index is 0.383.